The maximum atomic E-state index is 12.6. The molecule has 552 valence electrons. The summed E-state index contributed by atoms with van der Waals surface area (Å²) in [6, 6.07) is -0.624. The maximum Gasteiger partial charge on any atom is 0.305 e. The average Bonchev–Trinajstić information content (AvgIpc) is 3.66. The van der Waals surface area contributed by atoms with Gasteiger partial charge in [0.2, 0.25) is 5.91 Å². The van der Waals surface area contributed by atoms with Crippen molar-refractivity contribution in [3.05, 3.63) is 24.3 Å². The molecule has 0 aromatic rings. The first kappa shape index (κ1) is 91.3. The predicted octanol–water partition coefficient (Wildman–Crippen LogP) is 28.8. The van der Waals surface area contributed by atoms with Crippen LogP contribution in [0.2, 0.25) is 0 Å². The van der Waals surface area contributed by atoms with E-state index < -0.39 is 12.1 Å². The smallest absolute Gasteiger partial charge is 0.305 e. The standard InChI is InChI=1S/C87H169NO5/c1-3-5-7-9-11-13-15-17-18-19-20-21-22-38-41-44-47-50-53-56-59-63-67-71-75-79-85(90)84(83-89)88-86(91)80-76-72-68-64-60-57-54-51-48-45-42-39-36-34-32-30-28-26-24-23-25-27-29-31-33-35-37-40-43-46-49-52-55-58-62-66-70-74-78-82-93-87(92)81-77-73-69-65-61-16-14-12-10-8-6-4-2/h12,14,75,79,84-85,89-90H,3-11,13,15-74,76-78,80-83H2,1-2H3,(H,88,91)/b14-12-,79-75+. The summed E-state index contributed by atoms with van der Waals surface area (Å²) >= 11 is 0. The van der Waals surface area contributed by atoms with E-state index in [0.29, 0.717) is 19.4 Å². The van der Waals surface area contributed by atoms with Crippen molar-refractivity contribution in [3.8, 4) is 0 Å². The van der Waals surface area contributed by atoms with Gasteiger partial charge in [0.1, 0.15) is 0 Å². The SMILES string of the molecule is CCCCC/C=C\CCCCCCCC(=O)OCCCCCCCCCCCCCCCCCCCCCCCCCCCCCCCCCCCCCCCCCC(=O)NC(CO)C(O)/C=C/CCCCCCCCCCCCCCCCCCCCCCCCC. The van der Waals surface area contributed by atoms with E-state index in [1.165, 1.54) is 424 Å². The van der Waals surface area contributed by atoms with Gasteiger partial charge in [0.15, 0.2) is 0 Å². The second-order valence-corrected chi connectivity index (χ2v) is 29.9. The number of aliphatic hydroxyl groups excluding tert-OH is 2. The van der Waals surface area contributed by atoms with Gasteiger partial charge < -0.3 is 20.3 Å². The molecule has 1 amide bonds. The molecule has 0 saturated carbocycles. The minimum Gasteiger partial charge on any atom is -0.466 e. The Bertz CT molecular complexity index is 1460. The zero-order valence-corrected chi connectivity index (χ0v) is 63.5. The third-order valence-electron chi connectivity index (χ3n) is 20.5. The highest BCUT2D eigenvalue weighted by molar-refractivity contribution is 5.76. The maximum absolute atomic E-state index is 12.6. The Kier molecular flexibility index (Phi) is 81.3. The highest BCUT2D eigenvalue weighted by atomic mass is 16.5. The molecule has 0 heterocycles. The van der Waals surface area contributed by atoms with Gasteiger partial charge in [0.25, 0.3) is 0 Å². The summed E-state index contributed by atoms with van der Waals surface area (Å²) in [4.78, 5) is 24.6. The molecule has 2 atom stereocenters. The predicted molar refractivity (Wildman–Crippen MR) is 412 cm³/mol. The number of unbranched alkanes of at least 4 members (excludes halogenated alkanes) is 69. The van der Waals surface area contributed by atoms with E-state index in [1.807, 2.05) is 6.08 Å². The zero-order valence-electron chi connectivity index (χ0n) is 63.5. The Hall–Kier alpha value is -1.66. The molecule has 0 aliphatic heterocycles. The minimum absolute atomic E-state index is 0.0147. The van der Waals surface area contributed by atoms with Crippen LogP contribution in [0.5, 0.6) is 0 Å². The second kappa shape index (κ2) is 82.8. The second-order valence-electron chi connectivity index (χ2n) is 29.9. The zero-order chi connectivity index (χ0) is 67.0. The van der Waals surface area contributed by atoms with Gasteiger partial charge in [-0.3, -0.25) is 9.59 Å². The third-order valence-corrected chi connectivity index (χ3v) is 20.5. The fraction of sp³-hybridized carbons (Fsp3) is 0.931. The highest BCUT2D eigenvalue weighted by Gasteiger charge is 2.18. The van der Waals surface area contributed by atoms with Gasteiger partial charge in [0.05, 0.1) is 25.4 Å². The molecule has 6 heteroatoms. The van der Waals surface area contributed by atoms with E-state index in [1.54, 1.807) is 6.08 Å². The molecule has 0 aliphatic carbocycles. The lowest BCUT2D eigenvalue weighted by Crippen LogP contribution is -2.45. The molecule has 0 aromatic heterocycles. The Labute approximate surface area is 583 Å². The number of nitrogens with one attached hydrogen (secondary N) is 1. The summed E-state index contributed by atoms with van der Waals surface area (Å²) in [7, 11) is 0. The van der Waals surface area contributed by atoms with Crippen molar-refractivity contribution in [3.63, 3.8) is 0 Å². The van der Waals surface area contributed by atoms with Crippen LogP contribution in [0.25, 0.3) is 0 Å². The molecule has 0 aromatic carbocycles. The van der Waals surface area contributed by atoms with Crippen LogP contribution in [0.1, 0.15) is 495 Å². The fourth-order valence-corrected chi connectivity index (χ4v) is 13.9. The molecule has 93 heavy (non-hydrogen) atoms. The molecule has 0 radical (unpaired) electrons. The van der Waals surface area contributed by atoms with E-state index >= 15 is 0 Å². The summed E-state index contributed by atoms with van der Waals surface area (Å²) in [5, 5.41) is 23.3. The lowest BCUT2D eigenvalue weighted by molar-refractivity contribution is -0.143. The number of hydrogen-bond acceptors (Lipinski definition) is 5. The number of hydrogen-bond donors (Lipinski definition) is 3. The average molecular weight is 1310 g/mol. The van der Waals surface area contributed by atoms with Crippen LogP contribution < -0.4 is 5.32 Å². The molecule has 0 bridgehead atoms. The van der Waals surface area contributed by atoms with Crippen LogP contribution in [0.4, 0.5) is 0 Å². The Morgan fingerprint density at radius 3 is 0.785 bits per heavy atom. The van der Waals surface area contributed by atoms with Gasteiger partial charge in [-0.25, -0.2) is 0 Å². The first-order chi connectivity index (χ1) is 46.0. The topological polar surface area (TPSA) is 95.9 Å². The van der Waals surface area contributed by atoms with Crippen molar-refractivity contribution in [1.29, 1.82) is 0 Å². The number of rotatable bonds is 82. The van der Waals surface area contributed by atoms with Crippen molar-refractivity contribution in [2.24, 2.45) is 0 Å². The van der Waals surface area contributed by atoms with Crippen LogP contribution in [0, 0.1) is 0 Å². The first-order valence-electron chi connectivity index (χ1n) is 43.1. The van der Waals surface area contributed by atoms with Crippen molar-refractivity contribution in [2.75, 3.05) is 13.2 Å². The van der Waals surface area contributed by atoms with Crippen LogP contribution in [0.15, 0.2) is 24.3 Å². The summed E-state index contributed by atoms with van der Waals surface area (Å²) in [5.74, 6) is -0.0412. The van der Waals surface area contributed by atoms with Crippen LogP contribution >= 0.6 is 0 Å². The lowest BCUT2D eigenvalue weighted by Gasteiger charge is -2.20. The number of carbonyl (C=O) groups is 2. The largest absolute Gasteiger partial charge is 0.466 e. The van der Waals surface area contributed by atoms with E-state index in [9.17, 15) is 19.8 Å². The molecule has 2 unspecified atom stereocenters. The number of carbonyl (C=O) groups excluding carboxylic acids is 2. The number of amides is 1. The van der Waals surface area contributed by atoms with Crippen LogP contribution in [-0.4, -0.2) is 47.4 Å². The third kappa shape index (κ3) is 79.2. The van der Waals surface area contributed by atoms with Crippen LogP contribution in [0.3, 0.4) is 0 Å². The van der Waals surface area contributed by atoms with Crippen molar-refractivity contribution in [1.82, 2.24) is 5.32 Å². The van der Waals surface area contributed by atoms with Crippen molar-refractivity contribution >= 4 is 11.9 Å². The van der Waals surface area contributed by atoms with Gasteiger partial charge in [-0.05, 0) is 57.8 Å². The first-order valence-corrected chi connectivity index (χ1v) is 43.1. The van der Waals surface area contributed by atoms with Crippen molar-refractivity contribution < 1.29 is 24.5 Å². The van der Waals surface area contributed by atoms with E-state index in [4.69, 9.17) is 4.74 Å². The highest BCUT2D eigenvalue weighted by Crippen LogP contribution is 2.21. The normalized spacial score (nSPS) is 12.5. The van der Waals surface area contributed by atoms with Gasteiger partial charge in [-0.2, -0.15) is 0 Å². The molecule has 6 nitrogen and oxygen atoms in total. The number of ether oxygens (including phenoxy) is 1. The summed E-state index contributed by atoms with van der Waals surface area (Å²) in [6.45, 7) is 4.94. The van der Waals surface area contributed by atoms with E-state index in [0.717, 1.165) is 44.9 Å². The number of esters is 1. The summed E-state index contributed by atoms with van der Waals surface area (Å²) in [5.41, 5.74) is 0. The molecule has 0 aliphatic rings. The monoisotopic (exact) mass is 1310 g/mol. The Morgan fingerprint density at radius 1 is 0.290 bits per heavy atom. The summed E-state index contributed by atoms with van der Waals surface area (Å²) in [6.07, 6.45) is 108. The van der Waals surface area contributed by atoms with E-state index in [-0.39, 0.29) is 18.5 Å². The molecular weight excluding hydrogens is 1140 g/mol. The molecular formula is C87H169NO5. The lowest BCUT2D eigenvalue weighted by atomic mass is 10.0. The fourth-order valence-electron chi connectivity index (χ4n) is 13.9. The van der Waals surface area contributed by atoms with Gasteiger partial charge in [0, 0.05) is 12.8 Å². The number of allylic oxidation sites excluding steroid dienone is 3. The quantitative estimate of drug-likeness (QED) is 0.0320. The van der Waals surface area contributed by atoms with Crippen molar-refractivity contribution in [2.45, 2.75) is 508 Å². The Balaban J connectivity index is 3.32. The van der Waals surface area contributed by atoms with Gasteiger partial charge in [-0.1, -0.05) is 449 Å². The molecule has 0 fully saturated rings. The van der Waals surface area contributed by atoms with E-state index in [2.05, 4.69) is 31.3 Å². The molecule has 0 saturated heterocycles. The van der Waals surface area contributed by atoms with Crippen LogP contribution in [-0.2, 0) is 14.3 Å². The van der Waals surface area contributed by atoms with Gasteiger partial charge >= 0.3 is 5.97 Å². The molecule has 3 N–H and O–H groups in total. The van der Waals surface area contributed by atoms with Gasteiger partial charge in [-0.15, -0.1) is 0 Å². The number of aliphatic hydroxyl groups is 2. The molecule has 0 rings (SSSR count). The Morgan fingerprint density at radius 2 is 0.505 bits per heavy atom. The minimum atomic E-state index is -0.842. The molecule has 0 spiro atoms. The summed E-state index contributed by atoms with van der Waals surface area (Å²) < 4.78 is 5.49.